The number of hydrogen-bond acceptors (Lipinski definition) is 8. The number of aromatic nitrogens is 2. The maximum atomic E-state index is 12.8. The lowest BCUT2D eigenvalue weighted by atomic mass is 10.1. The van der Waals surface area contributed by atoms with E-state index in [4.69, 9.17) is 10.8 Å². The molecule has 0 spiro atoms. The van der Waals surface area contributed by atoms with Gasteiger partial charge in [0.15, 0.2) is 0 Å². The minimum atomic E-state index is -1.56. The second-order valence-electron chi connectivity index (χ2n) is 7.00. The summed E-state index contributed by atoms with van der Waals surface area (Å²) in [5, 5.41) is 34.8. The highest BCUT2D eigenvalue weighted by atomic mass is 16.4. The molecule has 14 nitrogen and oxygen atoms in total. The Morgan fingerprint density at radius 3 is 2.25 bits per heavy atom. The molecule has 0 saturated heterocycles. The molecule has 0 aliphatic heterocycles. The Hall–Kier alpha value is -3.52. The molecule has 0 unspecified atom stereocenters. The maximum absolute atomic E-state index is 12.8. The molecule has 1 aromatic heterocycles. The fourth-order valence-electron chi connectivity index (χ4n) is 2.67. The summed E-state index contributed by atoms with van der Waals surface area (Å²) >= 11 is 0. The smallest absolute Gasteiger partial charge is 0.326 e. The second-order valence-corrected chi connectivity index (χ2v) is 7.00. The lowest BCUT2D eigenvalue weighted by molar-refractivity contribution is -0.144. The van der Waals surface area contributed by atoms with Crippen molar-refractivity contribution in [3.05, 3.63) is 18.2 Å². The summed E-state index contributed by atoms with van der Waals surface area (Å²) in [5.74, 6) is -5.07. The van der Waals surface area contributed by atoms with Crippen LogP contribution in [0.5, 0.6) is 0 Å². The lowest BCUT2D eigenvalue weighted by Crippen LogP contribution is -2.59. The summed E-state index contributed by atoms with van der Waals surface area (Å²) in [6.07, 6.45) is 0.427. The molecule has 0 radical (unpaired) electrons. The first kappa shape index (κ1) is 26.5. The van der Waals surface area contributed by atoms with Gasteiger partial charge in [0.1, 0.15) is 18.1 Å². The van der Waals surface area contributed by atoms with Crippen molar-refractivity contribution in [2.24, 2.45) is 5.73 Å². The fraction of sp³-hybridized carbons (Fsp3) is 0.556. The first-order chi connectivity index (χ1) is 15.0. The average Bonchev–Trinajstić information content (AvgIpc) is 3.21. The van der Waals surface area contributed by atoms with Gasteiger partial charge in [-0.2, -0.15) is 0 Å². The summed E-state index contributed by atoms with van der Waals surface area (Å²) in [7, 11) is 0. The highest BCUT2D eigenvalue weighted by Crippen LogP contribution is 2.04. The molecule has 0 fully saturated rings. The number of nitrogens with two attached hydrogens (primary N) is 1. The minimum absolute atomic E-state index is 0.00729. The van der Waals surface area contributed by atoms with Crippen LogP contribution in [0.25, 0.3) is 0 Å². The number of aliphatic carboxylic acids is 2. The maximum Gasteiger partial charge on any atom is 0.326 e. The minimum Gasteiger partial charge on any atom is -0.481 e. The van der Waals surface area contributed by atoms with Crippen molar-refractivity contribution < 1.29 is 39.3 Å². The van der Waals surface area contributed by atoms with Crippen molar-refractivity contribution in [3.8, 4) is 0 Å². The molecule has 32 heavy (non-hydrogen) atoms. The second kappa shape index (κ2) is 13.0. The number of aromatic amines is 1. The molecule has 14 heteroatoms. The Balaban J connectivity index is 2.93. The molecule has 4 atom stereocenters. The summed E-state index contributed by atoms with van der Waals surface area (Å²) in [6, 6.07) is -4.25. The number of carbonyl (C=O) groups is 5. The summed E-state index contributed by atoms with van der Waals surface area (Å²) in [6.45, 7) is 1.25. The number of imidazole rings is 1. The predicted octanol–water partition coefficient (Wildman–Crippen LogP) is -2.91. The van der Waals surface area contributed by atoms with E-state index in [0.29, 0.717) is 5.69 Å². The standard InChI is InChI=1S/C18H28N6O8/c1-9(25)15(17(30)23-11(18(31)32)2-3-14(27)28)24-16(29)12(22-13(26)4-5-19)6-10-7-20-8-21-10/h7-9,11-12,15,25H,2-6,19H2,1H3,(H,20,21)(H,22,26)(H,23,30)(H,24,29)(H,27,28)(H,31,32)/t9-,11+,12+,15+/m1/s1. The van der Waals surface area contributed by atoms with Gasteiger partial charge in [0, 0.05) is 37.7 Å². The van der Waals surface area contributed by atoms with Crippen molar-refractivity contribution in [1.29, 1.82) is 0 Å². The first-order valence-electron chi connectivity index (χ1n) is 9.75. The van der Waals surface area contributed by atoms with Gasteiger partial charge in [-0.05, 0) is 13.3 Å². The van der Waals surface area contributed by atoms with Gasteiger partial charge in [0.2, 0.25) is 17.7 Å². The molecule has 0 aliphatic carbocycles. The van der Waals surface area contributed by atoms with E-state index in [1.807, 2.05) is 0 Å². The molecule has 0 saturated carbocycles. The molecule has 1 aromatic rings. The van der Waals surface area contributed by atoms with Gasteiger partial charge in [-0.25, -0.2) is 9.78 Å². The molecule has 9 N–H and O–H groups in total. The topological polar surface area (TPSA) is 237 Å². The van der Waals surface area contributed by atoms with Crippen LogP contribution in [0.15, 0.2) is 12.5 Å². The van der Waals surface area contributed by atoms with Crippen molar-refractivity contribution in [2.75, 3.05) is 6.54 Å². The number of nitrogens with one attached hydrogen (secondary N) is 4. The quantitative estimate of drug-likeness (QED) is 0.142. The van der Waals surface area contributed by atoms with Crippen LogP contribution >= 0.6 is 0 Å². The summed E-state index contributed by atoms with van der Waals surface area (Å²) in [4.78, 5) is 65.9. The molecule has 0 aromatic carbocycles. The van der Waals surface area contributed by atoms with E-state index in [2.05, 4.69) is 25.9 Å². The molecular weight excluding hydrogens is 428 g/mol. The predicted molar refractivity (Wildman–Crippen MR) is 108 cm³/mol. The number of amides is 3. The zero-order valence-electron chi connectivity index (χ0n) is 17.4. The molecule has 0 bridgehead atoms. The summed E-state index contributed by atoms with van der Waals surface area (Å²) in [5.41, 5.74) is 5.85. The number of carbonyl (C=O) groups excluding carboxylic acids is 3. The SMILES string of the molecule is C[C@@H](O)[C@H](NC(=O)[C@H](Cc1cnc[nH]1)NC(=O)CCN)C(=O)N[C@@H](CCC(=O)O)C(=O)O. The van der Waals surface area contributed by atoms with E-state index in [1.54, 1.807) is 0 Å². The molecular formula is C18H28N6O8. The normalized spacial score (nSPS) is 14.5. The molecule has 1 rings (SSSR count). The van der Waals surface area contributed by atoms with Crippen molar-refractivity contribution >= 4 is 29.7 Å². The largest absolute Gasteiger partial charge is 0.481 e. The van der Waals surface area contributed by atoms with Crippen molar-refractivity contribution in [2.45, 2.75) is 56.8 Å². The number of hydrogen-bond donors (Lipinski definition) is 8. The molecule has 0 aliphatic rings. The van der Waals surface area contributed by atoms with Gasteiger partial charge >= 0.3 is 11.9 Å². The van der Waals surface area contributed by atoms with Crippen LogP contribution in [0.1, 0.15) is 31.9 Å². The monoisotopic (exact) mass is 456 g/mol. The Morgan fingerprint density at radius 2 is 1.75 bits per heavy atom. The third-order valence-electron chi connectivity index (χ3n) is 4.33. The number of H-pyrrole nitrogens is 1. The van der Waals surface area contributed by atoms with Crippen LogP contribution in [0, 0.1) is 0 Å². The Morgan fingerprint density at radius 1 is 1.06 bits per heavy atom. The van der Waals surface area contributed by atoms with E-state index in [0.717, 1.165) is 0 Å². The van der Waals surface area contributed by atoms with E-state index in [9.17, 15) is 34.2 Å². The number of nitrogens with zero attached hydrogens (tertiary/aromatic N) is 1. The highest BCUT2D eigenvalue weighted by Gasteiger charge is 2.32. The average molecular weight is 456 g/mol. The van der Waals surface area contributed by atoms with Gasteiger partial charge in [-0.15, -0.1) is 0 Å². The van der Waals surface area contributed by atoms with Crippen molar-refractivity contribution in [1.82, 2.24) is 25.9 Å². The van der Waals surface area contributed by atoms with Crippen LogP contribution in [0.3, 0.4) is 0 Å². The van der Waals surface area contributed by atoms with Gasteiger partial charge < -0.3 is 42.0 Å². The highest BCUT2D eigenvalue weighted by molar-refractivity contribution is 5.93. The lowest BCUT2D eigenvalue weighted by Gasteiger charge is -2.25. The van der Waals surface area contributed by atoms with Gasteiger partial charge in [0.05, 0.1) is 12.4 Å². The molecule has 178 valence electrons. The van der Waals surface area contributed by atoms with Crippen molar-refractivity contribution in [3.63, 3.8) is 0 Å². The van der Waals surface area contributed by atoms with E-state index in [-0.39, 0.29) is 19.4 Å². The fourth-order valence-corrected chi connectivity index (χ4v) is 2.67. The van der Waals surface area contributed by atoms with Crippen LogP contribution in [-0.2, 0) is 30.4 Å². The number of carboxylic acids is 2. The third kappa shape index (κ3) is 9.09. The summed E-state index contributed by atoms with van der Waals surface area (Å²) < 4.78 is 0. The van der Waals surface area contributed by atoms with Gasteiger partial charge in [-0.1, -0.05) is 0 Å². The molecule has 3 amide bonds. The Labute approximate surface area is 183 Å². The Bertz CT molecular complexity index is 797. The van der Waals surface area contributed by atoms with E-state index >= 15 is 0 Å². The van der Waals surface area contributed by atoms with Crippen LogP contribution in [-0.4, -0.2) is 85.7 Å². The van der Waals surface area contributed by atoms with Gasteiger partial charge in [0.25, 0.3) is 0 Å². The zero-order chi connectivity index (χ0) is 24.3. The molecule has 1 heterocycles. The Kier molecular flexibility index (Phi) is 10.8. The van der Waals surface area contributed by atoms with Crippen LogP contribution in [0.4, 0.5) is 0 Å². The van der Waals surface area contributed by atoms with E-state index < -0.39 is 66.7 Å². The van der Waals surface area contributed by atoms with Crippen LogP contribution < -0.4 is 21.7 Å². The third-order valence-corrected chi connectivity index (χ3v) is 4.33. The van der Waals surface area contributed by atoms with Crippen LogP contribution in [0.2, 0.25) is 0 Å². The number of carboxylic acid groups (broad SMARTS) is 2. The number of aliphatic hydroxyl groups is 1. The number of rotatable bonds is 14. The number of aliphatic hydroxyl groups excluding tert-OH is 1. The van der Waals surface area contributed by atoms with Gasteiger partial charge in [-0.3, -0.25) is 19.2 Å². The van der Waals surface area contributed by atoms with E-state index in [1.165, 1.54) is 19.4 Å². The first-order valence-corrected chi connectivity index (χ1v) is 9.75. The zero-order valence-corrected chi connectivity index (χ0v) is 17.4.